The molecule has 3 rings (SSSR count). The van der Waals surface area contributed by atoms with Gasteiger partial charge in [-0.15, -0.1) is 10.2 Å². The zero-order valence-corrected chi connectivity index (χ0v) is 15.1. The number of carbonyl (C=O) groups excluding carboxylic acids is 1. The molecule has 27 heavy (non-hydrogen) atoms. The smallest absolute Gasteiger partial charge is 0.224 e. The van der Waals surface area contributed by atoms with Crippen LogP contribution in [0.25, 0.3) is 0 Å². The highest BCUT2D eigenvalue weighted by Gasteiger charge is 2.03. The van der Waals surface area contributed by atoms with Crippen molar-refractivity contribution in [3.63, 3.8) is 0 Å². The van der Waals surface area contributed by atoms with E-state index in [9.17, 15) is 4.79 Å². The number of pyridine rings is 1. The molecule has 0 bridgehead atoms. The molecule has 7 nitrogen and oxygen atoms in total. The third kappa shape index (κ3) is 6.07. The van der Waals surface area contributed by atoms with Crippen LogP contribution in [0.2, 0.25) is 0 Å². The Balaban J connectivity index is 1.38. The normalized spacial score (nSPS) is 10.3. The molecule has 0 aliphatic rings. The summed E-state index contributed by atoms with van der Waals surface area (Å²) in [7, 11) is 0. The maximum atomic E-state index is 11.9. The Kier molecular flexibility index (Phi) is 6.30. The Bertz CT molecular complexity index is 850. The summed E-state index contributed by atoms with van der Waals surface area (Å²) in [5.74, 6) is 1.98. The van der Waals surface area contributed by atoms with Crippen molar-refractivity contribution in [3.05, 3.63) is 71.9 Å². The van der Waals surface area contributed by atoms with Gasteiger partial charge in [-0.05, 0) is 36.2 Å². The maximum Gasteiger partial charge on any atom is 0.224 e. The van der Waals surface area contributed by atoms with Crippen LogP contribution in [0.4, 0.5) is 17.5 Å². The van der Waals surface area contributed by atoms with E-state index in [1.165, 1.54) is 0 Å². The summed E-state index contributed by atoms with van der Waals surface area (Å²) in [6.45, 7) is 3.07. The van der Waals surface area contributed by atoms with Crippen LogP contribution in [0.5, 0.6) is 0 Å². The number of anilines is 3. The fraction of sp³-hybridized carbons (Fsp3) is 0.200. The molecule has 1 aromatic carbocycles. The first kappa shape index (κ1) is 18.3. The monoisotopic (exact) mass is 362 g/mol. The summed E-state index contributed by atoms with van der Waals surface area (Å²) in [5, 5.41) is 17.3. The fourth-order valence-electron chi connectivity index (χ4n) is 2.40. The van der Waals surface area contributed by atoms with E-state index in [-0.39, 0.29) is 5.91 Å². The van der Waals surface area contributed by atoms with Gasteiger partial charge in [0.2, 0.25) is 5.91 Å². The third-order valence-electron chi connectivity index (χ3n) is 3.79. The van der Waals surface area contributed by atoms with E-state index in [2.05, 4.69) is 31.1 Å². The number of carbonyl (C=O) groups is 1. The van der Waals surface area contributed by atoms with Gasteiger partial charge >= 0.3 is 0 Å². The first-order valence-corrected chi connectivity index (χ1v) is 8.77. The second-order valence-electron chi connectivity index (χ2n) is 6.09. The number of benzene rings is 1. The number of hydrogen-bond acceptors (Lipinski definition) is 6. The highest BCUT2D eigenvalue weighted by molar-refractivity contribution is 5.78. The number of aromatic nitrogens is 3. The molecule has 3 N–H and O–H groups in total. The lowest BCUT2D eigenvalue weighted by molar-refractivity contribution is -0.120. The van der Waals surface area contributed by atoms with Gasteiger partial charge in [0.1, 0.15) is 11.6 Å². The Morgan fingerprint density at radius 3 is 2.33 bits per heavy atom. The Morgan fingerprint density at radius 2 is 1.63 bits per heavy atom. The molecule has 7 heteroatoms. The van der Waals surface area contributed by atoms with Crippen molar-refractivity contribution in [2.24, 2.45) is 0 Å². The molecular formula is C20H22N6O. The number of nitrogens with zero attached hydrogens (tertiary/aromatic N) is 3. The Hall–Kier alpha value is -3.48. The zero-order chi connectivity index (χ0) is 18.9. The predicted molar refractivity (Wildman–Crippen MR) is 106 cm³/mol. The molecule has 2 heterocycles. The van der Waals surface area contributed by atoms with Crippen LogP contribution in [0, 0.1) is 6.92 Å². The van der Waals surface area contributed by atoms with Crippen molar-refractivity contribution in [3.8, 4) is 0 Å². The van der Waals surface area contributed by atoms with Gasteiger partial charge in [0.15, 0.2) is 5.82 Å². The average molecular weight is 362 g/mol. The minimum absolute atomic E-state index is 0.000713. The molecule has 0 atom stereocenters. The van der Waals surface area contributed by atoms with Gasteiger partial charge in [0.05, 0.1) is 6.42 Å². The molecule has 0 spiro atoms. The van der Waals surface area contributed by atoms with E-state index >= 15 is 0 Å². The van der Waals surface area contributed by atoms with Gasteiger partial charge in [-0.25, -0.2) is 4.98 Å². The number of rotatable bonds is 8. The van der Waals surface area contributed by atoms with E-state index in [1.54, 1.807) is 6.20 Å². The number of nitrogens with one attached hydrogen (secondary N) is 3. The van der Waals surface area contributed by atoms with Crippen LogP contribution < -0.4 is 16.0 Å². The van der Waals surface area contributed by atoms with Gasteiger partial charge in [0, 0.05) is 19.3 Å². The topological polar surface area (TPSA) is 91.8 Å². The van der Waals surface area contributed by atoms with Gasteiger partial charge in [-0.1, -0.05) is 36.4 Å². The summed E-state index contributed by atoms with van der Waals surface area (Å²) in [6.07, 6.45) is 2.17. The highest BCUT2D eigenvalue weighted by Crippen LogP contribution is 2.12. The van der Waals surface area contributed by atoms with E-state index in [1.807, 2.05) is 61.5 Å². The van der Waals surface area contributed by atoms with Crippen molar-refractivity contribution < 1.29 is 4.79 Å². The third-order valence-corrected chi connectivity index (χ3v) is 3.79. The lowest BCUT2D eigenvalue weighted by Crippen LogP contribution is -2.30. The van der Waals surface area contributed by atoms with Crippen LogP contribution >= 0.6 is 0 Å². The van der Waals surface area contributed by atoms with E-state index in [0.717, 1.165) is 16.9 Å². The van der Waals surface area contributed by atoms with Crippen molar-refractivity contribution >= 4 is 23.4 Å². The van der Waals surface area contributed by atoms with Gasteiger partial charge in [-0.3, -0.25) is 4.79 Å². The molecule has 3 aromatic rings. The summed E-state index contributed by atoms with van der Waals surface area (Å²) in [6, 6.07) is 17.2. The molecule has 0 saturated carbocycles. The fourth-order valence-corrected chi connectivity index (χ4v) is 2.40. The summed E-state index contributed by atoms with van der Waals surface area (Å²) >= 11 is 0. The minimum atomic E-state index is -0.000713. The Labute approximate surface area is 158 Å². The van der Waals surface area contributed by atoms with Gasteiger partial charge in [0.25, 0.3) is 0 Å². The lowest BCUT2D eigenvalue weighted by atomic mass is 10.1. The molecule has 2 aromatic heterocycles. The summed E-state index contributed by atoms with van der Waals surface area (Å²) in [5.41, 5.74) is 2.10. The molecule has 0 aliphatic carbocycles. The summed E-state index contributed by atoms with van der Waals surface area (Å²) in [4.78, 5) is 16.2. The molecule has 1 amide bonds. The molecule has 0 radical (unpaired) electrons. The largest absolute Gasteiger partial charge is 0.367 e. The molecule has 0 unspecified atom stereocenters. The SMILES string of the molecule is Cc1ccc(Nc2ccc(NCCNC(=O)Cc3ccccc3)nn2)nc1. The molecular weight excluding hydrogens is 340 g/mol. The van der Waals surface area contributed by atoms with Crippen LogP contribution in [0.3, 0.4) is 0 Å². The first-order chi connectivity index (χ1) is 13.2. The quantitative estimate of drug-likeness (QED) is 0.534. The standard InChI is InChI=1S/C20H22N6O/c1-15-7-8-17(23-14-15)24-19-10-9-18(25-26-19)21-11-12-22-20(27)13-16-5-3-2-4-6-16/h2-10,14H,11-13H2,1H3,(H,21,25)(H,22,27)(H,23,24,26). The van der Waals surface area contributed by atoms with E-state index in [4.69, 9.17) is 0 Å². The summed E-state index contributed by atoms with van der Waals surface area (Å²) < 4.78 is 0. The van der Waals surface area contributed by atoms with Crippen molar-refractivity contribution in [1.82, 2.24) is 20.5 Å². The van der Waals surface area contributed by atoms with Crippen molar-refractivity contribution in [1.29, 1.82) is 0 Å². The predicted octanol–water partition coefficient (Wildman–Crippen LogP) is 2.69. The highest BCUT2D eigenvalue weighted by atomic mass is 16.1. The van der Waals surface area contributed by atoms with Crippen molar-refractivity contribution in [2.75, 3.05) is 23.7 Å². The first-order valence-electron chi connectivity index (χ1n) is 8.77. The molecule has 0 aliphatic heterocycles. The zero-order valence-electron chi connectivity index (χ0n) is 15.1. The number of hydrogen-bond donors (Lipinski definition) is 3. The van der Waals surface area contributed by atoms with Gasteiger partial charge in [-0.2, -0.15) is 0 Å². The molecule has 0 saturated heterocycles. The second kappa shape index (κ2) is 9.28. The van der Waals surface area contributed by atoms with Crippen molar-refractivity contribution in [2.45, 2.75) is 13.3 Å². The number of amides is 1. The molecule has 0 fully saturated rings. The van der Waals surface area contributed by atoms with E-state index < -0.39 is 0 Å². The minimum Gasteiger partial charge on any atom is -0.367 e. The van der Waals surface area contributed by atoms with Crippen LogP contribution in [0.15, 0.2) is 60.8 Å². The van der Waals surface area contributed by atoms with Crippen LogP contribution in [-0.2, 0) is 11.2 Å². The number of aryl methyl sites for hydroxylation is 1. The van der Waals surface area contributed by atoms with Crippen LogP contribution in [-0.4, -0.2) is 34.2 Å². The molecule has 138 valence electrons. The van der Waals surface area contributed by atoms with Crippen LogP contribution in [0.1, 0.15) is 11.1 Å². The van der Waals surface area contributed by atoms with Gasteiger partial charge < -0.3 is 16.0 Å². The second-order valence-corrected chi connectivity index (χ2v) is 6.09. The average Bonchev–Trinajstić information content (AvgIpc) is 2.69. The lowest BCUT2D eigenvalue weighted by Gasteiger charge is -2.08. The Morgan fingerprint density at radius 1 is 0.889 bits per heavy atom. The van der Waals surface area contributed by atoms with E-state index in [0.29, 0.717) is 31.1 Å². The maximum absolute atomic E-state index is 11.9.